The summed E-state index contributed by atoms with van der Waals surface area (Å²) >= 11 is 8.40. The van der Waals surface area contributed by atoms with Crippen LogP contribution in [0.5, 0.6) is 11.8 Å². The van der Waals surface area contributed by atoms with E-state index in [2.05, 4.69) is 21.2 Å². The molecule has 2 aromatic heterocycles. The molecule has 2 bridgehead atoms. The van der Waals surface area contributed by atoms with Crippen molar-refractivity contribution in [2.45, 2.75) is 75.0 Å². The molecule has 1 unspecified atom stereocenters. The smallest absolute Gasteiger partial charge is 0.319 e. The molecular formula is C33H32ClF2N7O2S. The van der Waals surface area contributed by atoms with Gasteiger partial charge < -0.3 is 25.4 Å². The van der Waals surface area contributed by atoms with E-state index in [1.54, 1.807) is 12.1 Å². The Hall–Kier alpha value is -3.50. The van der Waals surface area contributed by atoms with Gasteiger partial charge in [-0.05, 0) is 50.8 Å². The van der Waals surface area contributed by atoms with Crippen molar-refractivity contribution in [3.05, 3.63) is 34.6 Å². The molecule has 238 valence electrons. The number of nitriles is 1. The molecule has 0 saturated carbocycles. The minimum atomic E-state index is -0.917. The number of nitrogen functional groups attached to an aromatic ring is 1. The minimum absolute atomic E-state index is 0.0300. The van der Waals surface area contributed by atoms with Crippen LogP contribution < -0.4 is 25.4 Å². The van der Waals surface area contributed by atoms with Crippen molar-refractivity contribution in [1.82, 2.24) is 20.2 Å². The van der Waals surface area contributed by atoms with E-state index < -0.39 is 23.6 Å². The zero-order valence-corrected chi connectivity index (χ0v) is 26.7. The number of piperazine rings is 1. The second kappa shape index (κ2) is 10.2. The average Bonchev–Trinajstić information content (AvgIpc) is 3.76. The summed E-state index contributed by atoms with van der Waals surface area (Å²) in [6.07, 6.45) is 2.86. The maximum atomic E-state index is 17.2. The SMILES string of the molecule is CC(Oc1nc2c3c(c(Cl)c(-c4cccc5sc(N)c(C#N)c45)c(F)c3n1)OC[C@@H]1[C@@H]3CC[C@H](CN21)N3)[C@@]12CCCN1C[C@H](F)C2. The van der Waals surface area contributed by atoms with Crippen LogP contribution in [0.3, 0.4) is 0 Å². The van der Waals surface area contributed by atoms with Crippen LogP contribution in [0.2, 0.25) is 5.02 Å². The summed E-state index contributed by atoms with van der Waals surface area (Å²) in [6, 6.07) is 8.00. The summed E-state index contributed by atoms with van der Waals surface area (Å²) in [5.41, 5.74) is 6.59. The number of ether oxygens (including phenoxy) is 2. The highest BCUT2D eigenvalue weighted by Crippen LogP contribution is 2.52. The third-order valence-corrected chi connectivity index (χ3v) is 12.3. The summed E-state index contributed by atoms with van der Waals surface area (Å²) in [5.74, 6) is 0.182. The van der Waals surface area contributed by atoms with Gasteiger partial charge in [-0.15, -0.1) is 11.3 Å². The molecule has 3 N–H and O–H groups in total. The van der Waals surface area contributed by atoms with Crippen molar-refractivity contribution >= 4 is 54.7 Å². The molecule has 4 aromatic rings. The van der Waals surface area contributed by atoms with Crippen LogP contribution in [0.4, 0.5) is 19.6 Å². The van der Waals surface area contributed by atoms with Gasteiger partial charge in [0.15, 0.2) is 11.6 Å². The van der Waals surface area contributed by atoms with E-state index in [4.69, 9.17) is 36.8 Å². The first kappa shape index (κ1) is 28.7. The summed E-state index contributed by atoms with van der Waals surface area (Å²) in [5, 5.41) is 15.1. The number of rotatable bonds is 4. The van der Waals surface area contributed by atoms with E-state index in [0.29, 0.717) is 59.0 Å². The predicted octanol–water partition coefficient (Wildman–Crippen LogP) is 5.80. The predicted molar refractivity (Wildman–Crippen MR) is 174 cm³/mol. The number of benzene rings is 2. The van der Waals surface area contributed by atoms with Gasteiger partial charge in [-0.2, -0.15) is 15.2 Å². The second-order valence-corrected chi connectivity index (χ2v) is 14.8. The number of anilines is 2. The number of aromatic nitrogens is 2. The van der Waals surface area contributed by atoms with Gasteiger partial charge in [0.05, 0.1) is 27.6 Å². The molecule has 0 amide bonds. The van der Waals surface area contributed by atoms with Crippen LogP contribution in [0.25, 0.3) is 32.1 Å². The van der Waals surface area contributed by atoms with E-state index in [0.717, 1.165) is 36.9 Å². The Morgan fingerprint density at radius 3 is 3.00 bits per heavy atom. The van der Waals surface area contributed by atoms with Crippen LogP contribution >= 0.6 is 22.9 Å². The molecule has 4 saturated heterocycles. The highest BCUT2D eigenvalue weighted by atomic mass is 35.5. The van der Waals surface area contributed by atoms with Crippen LogP contribution in [0.15, 0.2) is 18.2 Å². The molecule has 9 rings (SSSR count). The minimum Gasteiger partial charge on any atom is -0.489 e. The first-order chi connectivity index (χ1) is 22.3. The van der Waals surface area contributed by atoms with Gasteiger partial charge in [0.1, 0.15) is 41.3 Å². The van der Waals surface area contributed by atoms with Gasteiger partial charge in [0, 0.05) is 47.2 Å². The third kappa shape index (κ3) is 3.95. The molecule has 5 aliphatic heterocycles. The number of hydrogen-bond donors (Lipinski definition) is 2. The standard InChI is InChI=1S/C33H32ClF2N7O2S/c1-15(33-8-3-9-42(33)12-16(35)10-33)45-32-40-28-25-29(44-14-21-20-7-6-17(39-20)13-43(21)31(25)41-32)26(34)24(27(28)36)18-4-2-5-22-23(18)19(11-37)30(38)46-22/h2,4-5,15-17,20-21,39H,3,6-10,12-14,38H2,1H3/t15?,16-,17-,20+,21-,33+/m1/s1. The number of thiophene rings is 1. The molecule has 6 atom stereocenters. The van der Waals surface area contributed by atoms with Gasteiger partial charge in [-0.3, -0.25) is 4.90 Å². The van der Waals surface area contributed by atoms with Crippen molar-refractivity contribution in [3.8, 4) is 29.0 Å². The molecule has 0 radical (unpaired) electrons. The quantitative estimate of drug-likeness (QED) is 0.280. The maximum Gasteiger partial charge on any atom is 0.319 e. The average molecular weight is 664 g/mol. The number of nitrogens with zero attached hydrogens (tertiary/aromatic N) is 5. The maximum absolute atomic E-state index is 17.2. The lowest BCUT2D eigenvalue weighted by atomic mass is 9.88. The Morgan fingerprint density at radius 1 is 1.28 bits per heavy atom. The molecule has 2 aromatic carbocycles. The lowest BCUT2D eigenvalue weighted by Crippen LogP contribution is -2.60. The molecule has 7 heterocycles. The molecule has 13 heteroatoms. The van der Waals surface area contributed by atoms with Crippen molar-refractivity contribution in [2.24, 2.45) is 0 Å². The second-order valence-electron chi connectivity index (χ2n) is 13.3. The summed E-state index contributed by atoms with van der Waals surface area (Å²) in [6.45, 7) is 4.15. The van der Waals surface area contributed by atoms with Gasteiger partial charge in [-0.1, -0.05) is 23.7 Å². The third-order valence-electron chi connectivity index (χ3n) is 11.0. The number of halogens is 3. The topological polar surface area (TPSA) is 113 Å². The highest BCUT2D eigenvalue weighted by Gasteiger charge is 2.53. The zero-order valence-electron chi connectivity index (χ0n) is 25.2. The Morgan fingerprint density at radius 2 is 2.15 bits per heavy atom. The number of hydrogen-bond acceptors (Lipinski definition) is 10. The molecule has 9 nitrogen and oxygen atoms in total. The van der Waals surface area contributed by atoms with E-state index >= 15 is 4.39 Å². The van der Waals surface area contributed by atoms with Gasteiger partial charge >= 0.3 is 6.01 Å². The van der Waals surface area contributed by atoms with E-state index in [1.165, 1.54) is 11.3 Å². The van der Waals surface area contributed by atoms with Crippen molar-refractivity contribution in [1.29, 1.82) is 5.26 Å². The summed E-state index contributed by atoms with van der Waals surface area (Å²) < 4.78 is 45.7. The first-order valence-corrected chi connectivity index (χ1v) is 17.1. The normalized spacial score (nSPS) is 29.0. The molecule has 4 fully saturated rings. The largest absolute Gasteiger partial charge is 0.489 e. The number of nitrogens with one attached hydrogen (secondary N) is 1. The molecule has 46 heavy (non-hydrogen) atoms. The Bertz CT molecular complexity index is 1990. The van der Waals surface area contributed by atoms with Crippen molar-refractivity contribution < 1.29 is 18.3 Å². The lowest BCUT2D eigenvalue weighted by Gasteiger charge is -2.40. The van der Waals surface area contributed by atoms with E-state index in [9.17, 15) is 9.65 Å². The van der Waals surface area contributed by atoms with Gasteiger partial charge in [0.25, 0.3) is 0 Å². The lowest BCUT2D eigenvalue weighted by molar-refractivity contribution is 0.0402. The fourth-order valence-corrected chi connectivity index (χ4v) is 10.2. The Kier molecular flexibility index (Phi) is 6.39. The zero-order chi connectivity index (χ0) is 31.5. The van der Waals surface area contributed by atoms with E-state index in [-0.39, 0.29) is 45.8 Å². The van der Waals surface area contributed by atoms with E-state index in [1.807, 2.05) is 13.0 Å². The summed E-state index contributed by atoms with van der Waals surface area (Å²) in [4.78, 5) is 14.1. The van der Waals surface area contributed by atoms with Crippen molar-refractivity contribution in [2.75, 3.05) is 36.9 Å². The summed E-state index contributed by atoms with van der Waals surface area (Å²) in [7, 11) is 0. The number of fused-ring (bicyclic) bond motifs is 7. The molecule has 0 spiro atoms. The first-order valence-electron chi connectivity index (χ1n) is 15.9. The van der Waals surface area contributed by atoms with Crippen molar-refractivity contribution in [3.63, 3.8) is 0 Å². The van der Waals surface area contributed by atoms with Crippen LogP contribution in [0, 0.1) is 17.1 Å². The molecular weight excluding hydrogens is 632 g/mol. The van der Waals surface area contributed by atoms with Crippen LogP contribution in [-0.2, 0) is 0 Å². The monoisotopic (exact) mass is 663 g/mol. The molecule has 0 aliphatic carbocycles. The number of alkyl halides is 1. The fourth-order valence-electron chi connectivity index (χ4n) is 8.90. The van der Waals surface area contributed by atoms with Gasteiger partial charge in [0.2, 0.25) is 0 Å². The Labute approximate surface area is 273 Å². The number of nitrogens with two attached hydrogens (primary N) is 1. The Balaban J connectivity index is 1.27. The van der Waals surface area contributed by atoms with Gasteiger partial charge in [-0.25, -0.2) is 8.78 Å². The van der Waals surface area contributed by atoms with Crippen LogP contribution in [-0.4, -0.2) is 77.0 Å². The van der Waals surface area contributed by atoms with Crippen LogP contribution in [0.1, 0.15) is 44.6 Å². The fraction of sp³-hybridized carbons (Fsp3) is 0.485. The molecule has 5 aliphatic rings. The highest BCUT2D eigenvalue weighted by molar-refractivity contribution is 7.23.